The van der Waals surface area contributed by atoms with Crippen LogP contribution >= 0.6 is 0 Å². The number of hydrogen-bond donors (Lipinski definition) is 3. The Balaban J connectivity index is 2.16. The van der Waals surface area contributed by atoms with Crippen LogP contribution in [0.5, 0.6) is 6.01 Å². The summed E-state index contributed by atoms with van der Waals surface area (Å²) in [6.45, 7) is 4.89. The normalized spacial score (nSPS) is 11.1. The second kappa shape index (κ2) is 6.20. The van der Waals surface area contributed by atoms with Gasteiger partial charge in [0, 0.05) is 11.4 Å². The van der Waals surface area contributed by atoms with Crippen molar-refractivity contribution in [1.29, 1.82) is 0 Å². The first-order valence-electron chi connectivity index (χ1n) is 6.48. The van der Waals surface area contributed by atoms with Gasteiger partial charge in [0.1, 0.15) is 10.7 Å². The number of methoxy groups -OCH3 is 1. The monoisotopic (exact) mass is 340 g/mol. The van der Waals surface area contributed by atoms with E-state index < -0.39 is 16.1 Å². The van der Waals surface area contributed by atoms with Crippen LogP contribution < -0.4 is 14.8 Å². The first-order valence-corrected chi connectivity index (χ1v) is 7.96. The van der Waals surface area contributed by atoms with E-state index in [9.17, 15) is 13.2 Å². The summed E-state index contributed by atoms with van der Waals surface area (Å²) in [6.07, 6.45) is 0. The molecule has 0 aliphatic carbocycles. The number of ether oxygens (including phenoxy) is 1. The molecule has 0 saturated heterocycles. The highest BCUT2D eigenvalue weighted by Gasteiger charge is 2.22. The smallest absolute Gasteiger partial charge is 0.335 e. The molecule has 23 heavy (non-hydrogen) atoms. The zero-order valence-electron chi connectivity index (χ0n) is 13.0. The van der Waals surface area contributed by atoms with Gasteiger partial charge < -0.3 is 9.72 Å². The predicted molar refractivity (Wildman–Crippen MR) is 80.7 cm³/mol. The largest absolute Gasteiger partial charge is 0.467 e. The second-order valence-electron chi connectivity index (χ2n) is 4.69. The summed E-state index contributed by atoms with van der Waals surface area (Å²) in [5, 5.41) is 2.23. The Morgan fingerprint density at radius 2 is 1.91 bits per heavy atom. The van der Waals surface area contributed by atoms with Crippen molar-refractivity contribution in [2.24, 2.45) is 0 Å². The maximum atomic E-state index is 12.2. The van der Waals surface area contributed by atoms with Crippen LogP contribution in [0.2, 0.25) is 0 Å². The lowest BCUT2D eigenvalue weighted by Gasteiger charge is -2.08. The fraction of sp³-hybridized carbons (Fsp3) is 0.333. The number of carbonyl (C=O) groups is 1. The van der Waals surface area contributed by atoms with Crippen molar-refractivity contribution in [2.75, 3.05) is 12.4 Å². The van der Waals surface area contributed by atoms with Crippen LogP contribution in [-0.2, 0) is 10.0 Å². The van der Waals surface area contributed by atoms with Crippen LogP contribution in [0.3, 0.4) is 0 Å². The summed E-state index contributed by atoms with van der Waals surface area (Å²) in [5.74, 6) is 0.191. The third-order valence-electron chi connectivity index (χ3n) is 2.75. The third kappa shape index (κ3) is 3.94. The topological polar surface area (TPSA) is 139 Å². The van der Waals surface area contributed by atoms with E-state index in [1.165, 1.54) is 13.2 Å². The van der Waals surface area contributed by atoms with Crippen molar-refractivity contribution in [3.8, 4) is 6.01 Å². The van der Waals surface area contributed by atoms with Crippen molar-refractivity contribution >= 4 is 22.0 Å². The number of nitrogens with zero attached hydrogens (tertiary/aromatic N) is 3. The van der Waals surface area contributed by atoms with Crippen molar-refractivity contribution in [1.82, 2.24) is 24.7 Å². The van der Waals surface area contributed by atoms with E-state index in [2.05, 4.69) is 25.3 Å². The molecule has 0 fully saturated rings. The number of hydrogen-bond acceptors (Lipinski definition) is 7. The third-order valence-corrected chi connectivity index (χ3v) is 4.21. The molecule has 124 valence electrons. The van der Waals surface area contributed by atoms with Crippen LogP contribution in [0, 0.1) is 20.8 Å². The first-order chi connectivity index (χ1) is 10.7. The average Bonchev–Trinajstić information content (AvgIpc) is 2.77. The van der Waals surface area contributed by atoms with Gasteiger partial charge in [0.15, 0.2) is 0 Å². The summed E-state index contributed by atoms with van der Waals surface area (Å²) in [7, 11) is -2.65. The van der Waals surface area contributed by atoms with Gasteiger partial charge in [-0.3, -0.25) is 5.32 Å². The van der Waals surface area contributed by atoms with Crippen LogP contribution in [0.4, 0.5) is 10.7 Å². The number of urea groups is 1. The molecule has 0 saturated carbocycles. The Morgan fingerprint density at radius 1 is 1.22 bits per heavy atom. The number of aryl methyl sites for hydroxylation is 3. The molecule has 0 spiro atoms. The molecule has 0 aliphatic rings. The minimum absolute atomic E-state index is 0.00504. The van der Waals surface area contributed by atoms with Gasteiger partial charge in [-0.25, -0.2) is 17.9 Å². The highest BCUT2D eigenvalue weighted by atomic mass is 32.2. The molecule has 10 nitrogen and oxygen atoms in total. The second-order valence-corrected chi connectivity index (χ2v) is 6.34. The van der Waals surface area contributed by atoms with Gasteiger partial charge in [-0.2, -0.15) is 15.0 Å². The number of H-pyrrole nitrogens is 1. The summed E-state index contributed by atoms with van der Waals surface area (Å²) in [6, 6.07) is 0.449. The minimum atomic E-state index is -4.01. The Labute approximate surface area is 132 Å². The molecule has 11 heteroatoms. The molecule has 3 N–H and O–H groups in total. The van der Waals surface area contributed by atoms with Crippen molar-refractivity contribution < 1.29 is 17.9 Å². The number of carbonyl (C=O) groups excluding carboxylic acids is 1. The number of rotatable bonds is 4. The molecule has 0 aromatic carbocycles. The van der Waals surface area contributed by atoms with Crippen molar-refractivity contribution in [3.05, 3.63) is 23.3 Å². The molecule has 0 unspecified atom stereocenters. The van der Waals surface area contributed by atoms with E-state index in [1.807, 2.05) is 4.72 Å². The Kier molecular flexibility index (Phi) is 4.50. The summed E-state index contributed by atoms with van der Waals surface area (Å²) in [4.78, 5) is 26.3. The first kappa shape index (κ1) is 16.7. The standard InChI is InChI=1S/C12H16N6O4S/c1-6-5-9(7(2)13-6)23(20,21)18-11(19)16-10-14-8(3)15-12(17-10)22-4/h5,13H,1-4H3,(H2,14,15,16,17,18,19). The zero-order valence-corrected chi connectivity index (χ0v) is 13.8. The Hall–Kier alpha value is -2.69. The maximum absolute atomic E-state index is 12.2. The van der Waals surface area contributed by atoms with E-state index in [-0.39, 0.29) is 16.9 Å². The van der Waals surface area contributed by atoms with Gasteiger partial charge in [0.05, 0.1) is 7.11 Å². The highest BCUT2D eigenvalue weighted by Crippen LogP contribution is 2.15. The molecule has 0 aliphatic heterocycles. The predicted octanol–water partition coefficient (Wildman–Crippen LogP) is 0.644. The van der Waals surface area contributed by atoms with Gasteiger partial charge in [-0.1, -0.05) is 0 Å². The minimum Gasteiger partial charge on any atom is -0.467 e. The van der Waals surface area contributed by atoms with Crippen molar-refractivity contribution in [3.63, 3.8) is 0 Å². The molecule has 0 bridgehead atoms. The quantitative estimate of drug-likeness (QED) is 0.742. The van der Waals surface area contributed by atoms with Crippen LogP contribution in [0.15, 0.2) is 11.0 Å². The maximum Gasteiger partial charge on any atom is 0.335 e. The Bertz CT molecular complexity index is 845. The molecule has 0 radical (unpaired) electrons. The number of sulfonamides is 1. The van der Waals surface area contributed by atoms with Crippen LogP contribution in [0.1, 0.15) is 17.2 Å². The zero-order chi connectivity index (χ0) is 17.2. The number of aromatic nitrogens is 4. The Morgan fingerprint density at radius 3 is 2.48 bits per heavy atom. The lowest BCUT2D eigenvalue weighted by molar-refractivity contribution is 0.256. The van der Waals surface area contributed by atoms with Crippen LogP contribution in [0.25, 0.3) is 0 Å². The van der Waals surface area contributed by atoms with Crippen LogP contribution in [-0.4, -0.2) is 41.5 Å². The van der Waals surface area contributed by atoms with Crippen molar-refractivity contribution in [2.45, 2.75) is 25.7 Å². The lowest BCUT2D eigenvalue weighted by Crippen LogP contribution is -2.35. The fourth-order valence-electron chi connectivity index (χ4n) is 1.89. The lowest BCUT2D eigenvalue weighted by atomic mass is 10.4. The average molecular weight is 340 g/mol. The SMILES string of the molecule is COc1nc(C)nc(NC(=O)NS(=O)(=O)c2cc(C)[nH]c2C)n1. The molecular weight excluding hydrogens is 324 g/mol. The molecule has 2 rings (SSSR count). The number of anilines is 1. The van der Waals surface area contributed by atoms with E-state index in [0.717, 1.165) is 0 Å². The van der Waals surface area contributed by atoms with E-state index in [0.29, 0.717) is 17.2 Å². The summed E-state index contributed by atoms with van der Waals surface area (Å²) < 4.78 is 31.1. The number of amides is 2. The van der Waals surface area contributed by atoms with E-state index >= 15 is 0 Å². The summed E-state index contributed by atoms with van der Waals surface area (Å²) in [5.41, 5.74) is 1.10. The van der Waals surface area contributed by atoms with Gasteiger partial charge >= 0.3 is 12.0 Å². The van der Waals surface area contributed by atoms with Gasteiger partial charge in [-0.15, -0.1) is 0 Å². The molecular formula is C12H16N6O4S. The number of aromatic amines is 1. The molecule has 2 amide bonds. The number of nitrogens with one attached hydrogen (secondary N) is 3. The summed E-state index contributed by atoms with van der Waals surface area (Å²) >= 11 is 0. The molecule has 0 atom stereocenters. The van der Waals surface area contributed by atoms with E-state index in [4.69, 9.17) is 4.74 Å². The molecule has 2 aromatic heterocycles. The van der Waals surface area contributed by atoms with E-state index in [1.54, 1.807) is 20.8 Å². The highest BCUT2D eigenvalue weighted by molar-refractivity contribution is 7.90. The van der Waals surface area contributed by atoms with Gasteiger partial charge in [-0.05, 0) is 26.8 Å². The van der Waals surface area contributed by atoms with Gasteiger partial charge in [0.25, 0.3) is 10.0 Å². The van der Waals surface area contributed by atoms with Gasteiger partial charge in [0.2, 0.25) is 5.95 Å². The fourth-order valence-corrected chi connectivity index (χ4v) is 3.08. The molecule has 2 aromatic rings. The molecule has 2 heterocycles.